The van der Waals surface area contributed by atoms with Crippen LogP contribution in [0.1, 0.15) is 18.2 Å². The smallest absolute Gasteiger partial charge is 0.253 e. The summed E-state index contributed by atoms with van der Waals surface area (Å²) in [4.78, 5) is 19.3. The van der Waals surface area contributed by atoms with E-state index in [1.807, 2.05) is 38.1 Å². The first kappa shape index (κ1) is 15.9. The summed E-state index contributed by atoms with van der Waals surface area (Å²) in [5.41, 5.74) is 1.89. The maximum atomic E-state index is 12.3. The first-order chi connectivity index (χ1) is 11.6. The Morgan fingerprint density at radius 2 is 2.08 bits per heavy atom. The Balaban J connectivity index is 1.87. The number of anilines is 1. The van der Waals surface area contributed by atoms with E-state index >= 15 is 0 Å². The SMILES string of the molecule is CCOc1ccc2cc(CNc3nc(C)ccc3O)c(=O)[nH]c2c1. The quantitative estimate of drug-likeness (QED) is 0.671. The molecule has 0 aliphatic heterocycles. The lowest BCUT2D eigenvalue weighted by Gasteiger charge is -2.09. The van der Waals surface area contributed by atoms with Crippen LogP contribution in [0.15, 0.2) is 41.2 Å². The van der Waals surface area contributed by atoms with Crippen molar-refractivity contribution in [1.29, 1.82) is 0 Å². The molecule has 0 amide bonds. The van der Waals surface area contributed by atoms with Gasteiger partial charge in [-0.1, -0.05) is 0 Å². The first-order valence-corrected chi connectivity index (χ1v) is 7.76. The number of ether oxygens (including phenoxy) is 1. The molecule has 0 unspecified atom stereocenters. The van der Waals surface area contributed by atoms with E-state index < -0.39 is 0 Å². The van der Waals surface area contributed by atoms with Crippen molar-refractivity contribution in [2.75, 3.05) is 11.9 Å². The van der Waals surface area contributed by atoms with Gasteiger partial charge in [0.25, 0.3) is 5.56 Å². The molecule has 0 saturated carbocycles. The fourth-order valence-electron chi connectivity index (χ4n) is 2.47. The molecule has 0 aliphatic rings. The maximum absolute atomic E-state index is 12.3. The number of aryl methyl sites for hydroxylation is 1. The Hall–Kier alpha value is -3.02. The van der Waals surface area contributed by atoms with Gasteiger partial charge in [0, 0.05) is 23.9 Å². The summed E-state index contributed by atoms with van der Waals surface area (Å²) in [6, 6.07) is 10.7. The van der Waals surface area contributed by atoms with Gasteiger partial charge in [-0.3, -0.25) is 4.79 Å². The van der Waals surface area contributed by atoms with E-state index in [1.165, 1.54) is 0 Å². The van der Waals surface area contributed by atoms with Crippen LogP contribution in [-0.2, 0) is 6.54 Å². The topological polar surface area (TPSA) is 87.2 Å². The molecule has 2 heterocycles. The summed E-state index contributed by atoms with van der Waals surface area (Å²) in [6.45, 7) is 4.59. The predicted molar refractivity (Wildman–Crippen MR) is 93.7 cm³/mol. The zero-order valence-corrected chi connectivity index (χ0v) is 13.6. The molecule has 3 aromatic rings. The van der Waals surface area contributed by atoms with Crippen molar-refractivity contribution in [3.63, 3.8) is 0 Å². The highest BCUT2D eigenvalue weighted by Gasteiger charge is 2.07. The van der Waals surface area contributed by atoms with Crippen LogP contribution in [0.3, 0.4) is 0 Å². The van der Waals surface area contributed by atoms with E-state index in [4.69, 9.17) is 4.74 Å². The van der Waals surface area contributed by atoms with Crippen LogP contribution in [0.2, 0.25) is 0 Å². The van der Waals surface area contributed by atoms with E-state index in [-0.39, 0.29) is 17.9 Å². The number of benzene rings is 1. The lowest BCUT2D eigenvalue weighted by atomic mass is 10.1. The molecule has 0 radical (unpaired) electrons. The number of fused-ring (bicyclic) bond motifs is 1. The number of nitrogens with one attached hydrogen (secondary N) is 2. The van der Waals surface area contributed by atoms with Crippen LogP contribution in [0, 0.1) is 6.92 Å². The van der Waals surface area contributed by atoms with Crippen molar-refractivity contribution < 1.29 is 9.84 Å². The Morgan fingerprint density at radius 1 is 1.25 bits per heavy atom. The molecule has 0 bridgehead atoms. The monoisotopic (exact) mass is 325 g/mol. The lowest BCUT2D eigenvalue weighted by Crippen LogP contribution is -2.16. The first-order valence-electron chi connectivity index (χ1n) is 7.76. The number of rotatable bonds is 5. The molecule has 0 spiro atoms. The van der Waals surface area contributed by atoms with E-state index in [1.54, 1.807) is 12.1 Å². The third-order valence-corrected chi connectivity index (χ3v) is 3.66. The summed E-state index contributed by atoms with van der Waals surface area (Å²) in [7, 11) is 0. The third kappa shape index (κ3) is 3.32. The van der Waals surface area contributed by atoms with Gasteiger partial charge in [0.2, 0.25) is 0 Å². The molecular weight excluding hydrogens is 306 g/mol. The second-order valence-corrected chi connectivity index (χ2v) is 5.48. The van der Waals surface area contributed by atoms with Crippen molar-refractivity contribution >= 4 is 16.7 Å². The molecule has 6 nitrogen and oxygen atoms in total. The fraction of sp³-hybridized carbons (Fsp3) is 0.222. The zero-order valence-electron chi connectivity index (χ0n) is 13.6. The number of H-pyrrole nitrogens is 1. The summed E-state index contributed by atoms with van der Waals surface area (Å²) in [5.74, 6) is 1.14. The molecule has 24 heavy (non-hydrogen) atoms. The van der Waals surface area contributed by atoms with Gasteiger partial charge in [-0.05, 0) is 49.6 Å². The largest absolute Gasteiger partial charge is 0.504 e. The number of aromatic nitrogens is 2. The minimum Gasteiger partial charge on any atom is -0.504 e. The zero-order chi connectivity index (χ0) is 17.1. The average molecular weight is 325 g/mol. The van der Waals surface area contributed by atoms with Gasteiger partial charge in [-0.25, -0.2) is 4.98 Å². The predicted octanol–water partition coefficient (Wildman–Crippen LogP) is 2.95. The highest BCUT2D eigenvalue weighted by atomic mass is 16.5. The number of aromatic hydroxyl groups is 1. The van der Waals surface area contributed by atoms with Gasteiger partial charge in [0.15, 0.2) is 11.6 Å². The molecule has 0 aliphatic carbocycles. The van der Waals surface area contributed by atoms with E-state index in [2.05, 4.69) is 15.3 Å². The van der Waals surface area contributed by atoms with Crippen LogP contribution >= 0.6 is 0 Å². The molecular formula is C18H19N3O3. The van der Waals surface area contributed by atoms with Crippen molar-refractivity contribution in [1.82, 2.24) is 9.97 Å². The molecule has 124 valence electrons. The van der Waals surface area contributed by atoms with Crippen LogP contribution in [0.5, 0.6) is 11.5 Å². The van der Waals surface area contributed by atoms with Gasteiger partial charge >= 0.3 is 0 Å². The maximum Gasteiger partial charge on any atom is 0.253 e. The van der Waals surface area contributed by atoms with Gasteiger partial charge in [0.1, 0.15) is 5.75 Å². The summed E-state index contributed by atoms with van der Waals surface area (Å²) >= 11 is 0. The van der Waals surface area contributed by atoms with Crippen LogP contribution in [-0.4, -0.2) is 21.7 Å². The Kier molecular flexibility index (Phi) is 4.37. The van der Waals surface area contributed by atoms with Gasteiger partial charge in [0.05, 0.1) is 12.1 Å². The van der Waals surface area contributed by atoms with Gasteiger partial charge in [-0.2, -0.15) is 0 Å². The van der Waals surface area contributed by atoms with Crippen LogP contribution in [0.4, 0.5) is 5.82 Å². The second-order valence-electron chi connectivity index (χ2n) is 5.48. The van der Waals surface area contributed by atoms with Crippen LogP contribution < -0.4 is 15.6 Å². The molecule has 0 fully saturated rings. The summed E-state index contributed by atoms with van der Waals surface area (Å²) < 4.78 is 5.44. The normalized spacial score (nSPS) is 10.8. The molecule has 3 rings (SSSR count). The van der Waals surface area contributed by atoms with E-state index in [0.717, 1.165) is 22.3 Å². The molecule has 6 heteroatoms. The van der Waals surface area contributed by atoms with Gasteiger partial charge in [-0.15, -0.1) is 0 Å². The van der Waals surface area contributed by atoms with E-state index in [0.29, 0.717) is 18.0 Å². The van der Waals surface area contributed by atoms with Crippen molar-refractivity contribution in [2.45, 2.75) is 20.4 Å². The van der Waals surface area contributed by atoms with Crippen molar-refractivity contribution in [3.8, 4) is 11.5 Å². The number of pyridine rings is 2. The Morgan fingerprint density at radius 3 is 2.88 bits per heavy atom. The Bertz CT molecular complexity index is 934. The fourth-order valence-corrected chi connectivity index (χ4v) is 2.47. The highest BCUT2D eigenvalue weighted by molar-refractivity contribution is 5.80. The minimum atomic E-state index is -0.184. The van der Waals surface area contributed by atoms with Crippen molar-refractivity contribution in [2.24, 2.45) is 0 Å². The third-order valence-electron chi connectivity index (χ3n) is 3.66. The lowest BCUT2D eigenvalue weighted by molar-refractivity contribution is 0.340. The summed E-state index contributed by atoms with van der Waals surface area (Å²) in [5, 5.41) is 13.7. The van der Waals surface area contributed by atoms with E-state index in [9.17, 15) is 9.90 Å². The average Bonchev–Trinajstić information content (AvgIpc) is 2.56. The summed E-state index contributed by atoms with van der Waals surface area (Å²) in [6.07, 6.45) is 0. The minimum absolute atomic E-state index is 0.0548. The molecule has 1 aromatic carbocycles. The standard InChI is InChI=1S/C18H19N3O3/c1-3-24-14-6-5-12-8-13(18(23)21-15(12)9-14)10-19-17-16(22)7-4-11(2)20-17/h4-9,22H,3,10H2,1-2H3,(H,19,20)(H,21,23). The van der Waals surface area contributed by atoms with Gasteiger partial charge < -0.3 is 20.1 Å². The highest BCUT2D eigenvalue weighted by Crippen LogP contribution is 2.22. The van der Waals surface area contributed by atoms with Crippen molar-refractivity contribution in [3.05, 3.63) is 58.0 Å². The number of hydrogen-bond acceptors (Lipinski definition) is 5. The number of nitrogens with zero attached hydrogens (tertiary/aromatic N) is 1. The second kappa shape index (κ2) is 6.62. The molecule has 0 atom stereocenters. The molecule has 0 saturated heterocycles. The molecule has 3 N–H and O–H groups in total. The number of aromatic amines is 1. The van der Waals surface area contributed by atoms with Crippen LogP contribution in [0.25, 0.3) is 10.9 Å². The number of hydrogen-bond donors (Lipinski definition) is 3. The molecule has 2 aromatic heterocycles. The Labute approximate surface area is 139 Å².